The number of halogens is 1. The van der Waals surface area contributed by atoms with E-state index in [0.717, 1.165) is 17.4 Å². The monoisotopic (exact) mass is 351 g/mol. The van der Waals surface area contributed by atoms with Crippen LogP contribution < -0.4 is 5.32 Å². The molecule has 0 bridgehead atoms. The molecule has 1 heterocycles. The van der Waals surface area contributed by atoms with Gasteiger partial charge in [-0.3, -0.25) is 0 Å². The topological polar surface area (TPSA) is 12.0 Å². The van der Waals surface area contributed by atoms with Gasteiger partial charge in [-0.1, -0.05) is 28.9 Å². The van der Waals surface area contributed by atoms with Crippen molar-refractivity contribution in [1.29, 1.82) is 0 Å². The fourth-order valence-corrected chi connectivity index (χ4v) is 4.02. The fourth-order valence-electron chi connectivity index (χ4n) is 2.58. The van der Waals surface area contributed by atoms with E-state index in [1.165, 1.54) is 26.4 Å². The Kier molecular flexibility index (Phi) is 5.42. The van der Waals surface area contributed by atoms with Gasteiger partial charge >= 0.3 is 0 Å². The Morgan fingerprint density at radius 2 is 1.90 bits per heavy atom. The standard InChI is InChI=1S/C17H22BrNS/c1-5-8-19-17(16-10-12(3)20-13(16)4)15-7-6-14(18)9-11(15)2/h6-7,9-10,17,19H,5,8H2,1-4H3. The first-order valence-corrected chi connectivity index (χ1v) is 8.70. The normalized spacial score (nSPS) is 12.7. The first-order valence-electron chi connectivity index (χ1n) is 7.09. The Balaban J connectivity index is 2.44. The van der Waals surface area contributed by atoms with Crippen molar-refractivity contribution in [3.05, 3.63) is 55.2 Å². The molecule has 2 rings (SSSR count). The Morgan fingerprint density at radius 1 is 1.15 bits per heavy atom. The summed E-state index contributed by atoms with van der Waals surface area (Å²) in [4.78, 5) is 2.80. The van der Waals surface area contributed by atoms with Crippen molar-refractivity contribution in [3.63, 3.8) is 0 Å². The van der Waals surface area contributed by atoms with Crippen molar-refractivity contribution in [1.82, 2.24) is 5.32 Å². The first kappa shape index (κ1) is 15.7. The highest BCUT2D eigenvalue weighted by molar-refractivity contribution is 9.10. The van der Waals surface area contributed by atoms with Crippen LogP contribution in [-0.4, -0.2) is 6.54 Å². The molecule has 1 atom stereocenters. The molecule has 0 saturated heterocycles. The van der Waals surface area contributed by atoms with Crippen molar-refractivity contribution in [2.45, 2.75) is 40.2 Å². The minimum absolute atomic E-state index is 0.299. The van der Waals surface area contributed by atoms with E-state index in [1.54, 1.807) is 0 Å². The van der Waals surface area contributed by atoms with E-state index in [4.69, 9.17) is 0 Å². The third-order valence-electron chi connectivity index (χ3n) is 3.53. The lowest BCUT2D eigenvalue weighted by atomic mass is 9.95. The van der Waals surface area contributed by atoms with E-state index in [-0.39, 0.29) is 0 Å². The number of nitrogens with one attached hydrogen (secondary N) is 1. The van der Waals surface area contributed by atoms with E-state index in [2.05, 4.69) is 73.2 Å². The smallest absolute Gasteiger partial charge is 0.0590 e. The molecule has 0 aliphatic heterocycles. The molecule has 1 nitrogen and oxygen atoms in total. The average Bonchev–Trinajstić information content (AvgIpc) is 2.71. The summed E-state index contributed by atoms with van der Waals surface area (Å²) in [6, 6.07) is 9.20. The molecule has 0 saturated carbocycles. The van der Waals surface area contributed by atoms with E-state index < -0.39 is 0 Å². The zero-order chi connectivity index (χ0) is 14.7. The van der Waals surface area contributed by atoms with Crippen LogP contribution in [-0.2, 0) is 0 Å². The largest absolute Gasteiger partial charge is 0.306 e. The predicted octanol–water partition coefficient (Wildman–Crippen LogP) is 5.52. The number of aryl methyl sites for hydroxylation is 3. The predicted molar refractivity (Wildman–Crippen MR) is 92.8 cm³/mol. The van der Waals surface area contributed by atoms with Gasteiger partial charge in [0.25, 0.3) is 0 Å². The Bertz CT molecular complexity index is 589. The molecule has 108 valence electrons. The van der Waals surface area contributed by atoms with Crippen molar-refractivity contribution in [2.24, 2.45) is 0 Å². The van der Waals surface area contributed by atoms with Crippen molar-refractivity contribution in [3.8, 4) is 0 Å². The van der Waals surface area contributed by atoms with Crippen molar-refractivity contribution in [2.75, 3.05) is 6.54 Å². The molecule has 1 aromatic carbocycles. The maximum absolute atomic E-state index is 3.71. The minimum atomic E-state index is 0.299. The Labute approximate surface area is 134 Å². The van der Waals surface area contributed by atoms with Gasteiger partial charge in [-0.05, 0) is 68.6 Å². The quantitative estimate of drug-likeness (QED) is 0.747. The number of thiophene rings is 1. The second kappa shape index (κ2) is 6.88. The lowest BCUT2D eigenvalue weighted by molar-refractivity contribution is 0.595. The van der Waals surface area contributed by atoms with Crippen LogP contribution in [0, 0.1) is 20.8 Å². The molecule has 0 aliphatic carbocycles. The second-order valence-electron chi connectivity index (χ2n) is 5.26. The van der Waals surface area contributed by atoms with Crippen LogP contribution in [0.1, 0.15) is 45.8 Å². The summed E-state index contributed by atoms with van der Waals surface area (Å²) in [6.45, 7) is 9.85. The van der Waals surface area contributed by atoms with E-state index in [0.29, 0.717) is 6.04 Å². The molecule has 0 spiro atoms. The molecular formula is C17H22BrNS. The molecule has 0 fully saturated rings. The summed E-state index contributed by atoms with van der Waals surface area (Å²) >= 11 is 5.44. The van der Waals surface area contributed by atoms with Crippen LogP contribution in [0.3, 0.4) is 0 Å². The van der Waals surface area contributed by atoms with Gasteiger partial charge in [0, 0.05) is 14.2 Å². The Morgan fingerprint density at radius 3 is 2.45 bits per heavy atom. The van der Waals surface area contributed by atoms with Crippen molar-refractivity contribution >= 4 is 27.3 Å². The van der Waals surface area contributed by atoms with Gasteiger partial charge < -0.3 is 5.32 Å². The van der Waals surface area contributed by atoms with Gasteiger partial charge in [-0.25, -0.2) is 0 Å². The molecule has 0 aliphatic rings. The number of rotatable bonds is 5. The van der Waals surface area contributed by atoms with Gasteiger partial charge in [-0.15, -0.1) is 11.3 Å². The second-order valence-corrected chi connectivity index (χ2v) is 7.63. The van der Waals surface area contributed by atoms with E-state index in [1.807, 2.05) is 11.3 Å². The van der Waals surface area contributed by atoms with Crippen LogP contribution >= 0.6 is 27.3 Å². The van der Waals surface area contributed by atoms with Gasteiger partial charge in [0.1, 0.15) is 0 Å². The van der Waals surface area contributed by atoms with Gasteiger partial charge in [0.15, 0.2) is 0 Å². The third kappa shape index (κ3) is 3.51. The highest BCUT2D eigenvalue weighted by atomic mass is 79.9. The van der Waals surface area contributed by atoms with Crippen LogP contribution in [0.4, 0.5) is 0 Å². The maximum atomic E-state index is 3.71. The summed E-state index contributed by atoms with van der Waals surface area (Å²) in [5, 5.41) is 3.71. The molecule has 0 amide bonds. The molecule has 2 aromatic rings. The molecule has 0 radical (unpaired) electrons. The molecule has 1 unspecified atom stereocenters. The third-order valence-corrected chi connectivity index (χ3v) is 5.01. The number of benzene rings is 1. The lowest BCUT2D eigenvalue weighted by Gasteiger charge is -2.21. The number of hydrogen-bond donors (Lipinski definition) is 1. The fraction of sp³-hybridized carbons (Fsp3) is 0.412. The molecule has 1 N–H and O–H groups in total. The molecule has 3 heteroatoms. The molecule has 20 heavy (non-hydrogen) atoms. The van der Waals surface area contributed by atoms with Gasteiger partial charge in [0.05, 0.1) is 6.04 Å². The van der Waals surface area contributed by atoms with Crippen LogP contribution in [0.5, 0.6) is 0 Å². The van der Waals surface area contributed by atoms with Gasteiger partial charge in [-0.2, -0.15) is 0 Å². The summed E-state index contributed by atoms with van der Waals surface area (Å²) in [7, 11) is 0. The zero-order valence-electron chi connectivity index (χ0n) is 12.6. The van der Waals surface area contributed by atoms with Gasteiger partial charge in [0.2, 0.25) is 0 Å². The molecular weight excluding hydrogens is 330 g/mol. The highest BCUT2D eigenvalue weighted by Gasteiger charge is 2.19. The lowest BCUT2D eigenvalue weighted by Crippen LogP contribution is -2.24. The summed E-state index contributed by atoms with van der Waals surface area (Å²) in [5.74, 6) is 0. The van der Waals surface area contributed by atoms with Crippen LogP contribution in [0.25, 0.3) is 0 Å². The zero-order valence-corrected chi connectivity index (χ0v) is 15.0. The first-order chi connectivity index (χ1) is 9.52. The summed E-state index contributed by atoms with van der Waals surface area (Å²) in [6.07, 6.45) is 1.15. The highest BCUT2D eigenvalue weighted by Crippen LogP contribution is 2.33. The van der Waals surface area contributed by atoms with E-state index >= 15 is 0 Å². The average molecular weight is 352 g/mol. The maximum Gasteiger partial charge on any atom is 0.0590 e. The van der Waals surface area contributed by atoms with Crippen LogP contribution in [0.15, 0.2) is 28.7 Å². The minimum Gasteiger partial charge on any atom is -0.306 e. The molecule has 1 aromatic heterocycles. The van der Waals surface area contributed by atoms with Crippen LogP contribution in [0.2, 0.25) is 0 Å². The Hall–Kier alpha value is -0.640. The summed E-state index contributed by atoms with van der Waals surface area (Å²) in [5.41, 5.74) is 4.13. The van der Waals surface area contributed by atoms with Crippen molar-refractivity contribution < 1.29 is 0 Å². The van der Waals surface area contributed by atoms with E-state index in [9.17, 15) is 0 Å². The SMILES string of the molecule is CCCNC(c1ccc(Br)cc1C)c1cc(C)sc1C. The summed E-state index contributed by atoms with van der Waals surface area (Å²) < 4.78 is 1.14. The number of hydrogen-bond acceptors (Lipinski definition) is 2.